The highest BCUT2D eigenvalue weighted by Gasteiger charge is 2.59. The number of benzene rings is 3. The highest BCUT2D eigenvalue weighted by Crippen LogP contribution is 2.53. The van der Waals surface area contributed by atoms with Gasteiger partial charge in [-0.15, -0.1) is 0 Å². The quantitative estimate of drug-likeness (QED) is 0.0174. The number of carbonyl (C=O) groups excluding carboxylic acids is 3. The third-order valence-electron chi connectivity index (χ3n) is 17.6. The molecule has 3 fully saturated rings. The number of H-pyrrole nitrogens is 3. The number of nitrogens with zero attached hydrogens (tertiary/aromatic N) is 3. The van der Waals surface area contributed by atoms with Gasteiger partial charge in [-0.3, -0.25) is 71.0 Å². The minimum atomic E-state index is -4.43. The van der Waals surface area contributed by atoms with Gasteiger partial charge in [0.05, 0.1) is 38.1 Å². The fraction of sp³-hybridized carbons (Fsp3) is 0.522. The maximum Gasteiger partial charge on any atom is 0.459 e. The second-order valence-corrected chi connectivity index (χ2v) is 33.2. The number of ether oxygens (including phenoxy) is 12. The van der Waals surface area contributed by atoms with E-state index in [1.165, 1.54) is 75.4 Å². The van der Waals surface area contributed by atoms with E-state index in [-0.39, 0.29) is 37.6 Å². The van der Waals surface area contributed by atoms with Gasteiger partial charge in [-0.2, -0.15) is 15.3 Å². The molecule has 6 aliphatic heterocycles. The topological polar surface area (TPSA) is 530 Å². The number of aliphatic hydroxyl groups is 3. The summed E-state index contributed by atoms with van der Waals surface area (Å²) in [5.41, 5.74) is -12.5. The summed E-state index contributed by atoms with van der Waals surface area (Å²) in [6.45, 7) is 14.9. The minimum Gasteiger partial charge on any atom is -0.462 e. The van der Waals surface area contributed by atoms with E-state index < -0.39 is 203 Å². The van der Waals surface area contributed by atoms with Crippen LogP contribution in [-0.2, 0) is 70.1 Å². The van der Waals surface area contributed by atoms with E-state index in [2.05, 4.69) is 15.3 Å². The number of esters is 3. The van der Waals surface area contributed by atoms with Gasteiger partial charge in [-0.1, -0.05) is 0 Å². The number of hydrogen-bond donors (Lipinski definition) is 9. The fourth-order valence-corrected chi connectivity index (χ4v) is 16.2. The predicted molar refractivity (Wildman–Crippen MR) is 394 cm³/mol. The summed E-state index contributed by atoms with van der Waals surface area (Å²) in [4.78, 5) is 114. The Morgan fingerprint density at radius 1 is 0.427 bits per heavy atom. The first-order valence-electron chi connectivity index (χ1n) is 35.8. The van der Waals surface area contributed by atoms with Crippen LogP contribution in [0.1, 0.15) is 102 Å². The molecule has 48 heteroatoms. The smallest absolute Gasteiger partial charge is 0.459 e. The highest BCUT2D eigenvalue weighted by molar-refractivity contribution is 7.52. The Kier molecular flexibility index (Phi) is 28.1. The standard InChI is InChI=1S/3C23H29FN3O11P/c3*1-12(2)36-20(30)13(3)26-39(32,38-14-5-6-15-16(9-14)34-11-33-15)35-10-17-19(29)23(4,24)21(37-17)27-8-7-18(28)25-22(27)31/h3*5-9,12-13,17,19,21,29H,10-11H2,1-4H3,(H,26,32)(H,25,28,31)/t13-,17+,19+,21+,23+,39?;13-,17+,19+,21+,23+,39+;13-,17+,19+,21+,23+,39-/m000/s1. The molecule has 117 heavy (non-hydrogen) atoms. The molecule has 0 bridgehead atoms. The van der Waals surface area contributed by atoms with Gasteiger partial charge < -0.3 is 85.7 Å². The second kappa shape index (κ2) is 36.7. The van der Waals surface area contributed by atoms with Crippen molar-refractivity contribution < 1.29 is 141 Å². The zero-order valence-corrected chi connectivity index (χ0v) is 67.2. The Balaban J connectivity index is 0.000000185. The summed E-state index contributed by atoms with van der Waals surface area (Å²) in [5, 5.41) is 39.3. The van der Waals surface area contributed by atoms with Gasteiger partial charge in [0.1, 0.15) is 72.0 Å². The molecule has 6 aliphatic rings. The summed E-state index contributed by atoms with van der Waals surface area (Å²) in [7, 11) is -13.3. The molecule has 0 aliphatic carbocycles. The summed E-state index contributed by atoms with van der Waals surface area (Å²) in [6.07, 6.45) is -13.0. The zero-order chi connectivity index (χ0) is 85.6. The summed E-state index contributed by atoms with van der Waals surface area (Å²) in [6, 6.07) is 12.5. The van der Waals surface area contributed by atoms with Crippen LogP contribution >= 0.6 is 23.2 Å². The third-order valence-corrected chi connectivity index (χ3v) is 22.5. The van der Waals surface area contributed by atoms with Crippen LogP contribution in [0, 0.1) is 0 Å². The molecule has 9 heterocycles. The Bertz CT molecular complexity index is 4620. The average molecular weight is 1720 g/mol. The lowest BCUT2D eigenvalue weighted by atomic mass is 9.98. The van der Waals surface area contributed by atoms with Crippen LogP contribution in [0.3, 0.4) is 0 Å². The van der Waals surface area contributed by atoms with Gasteiger partial charge in [0, 0.05) is 55.0 Å². The van der Waals surface area contributed by atoms with Crippen LogP contribution < -0.4 is 91.0 Å². The van der Waals surface area contributed by atoms with Crippen molar-refractivity contribution in [2.24, 2.45) is 0 Å². The maximum atomic E-state index is 15.5. The Hall–Kier alpha value is -9.69. The third kappa shape index (κ3) is 21.8. The van der Waals surface area contributed by atoms with Crippen LogP contribution in [0.15, 0.2) is 120 Å². The molecule has 642 valence electrons. The lowest BCUT2D eigenvalue weighted by Gasteiger charge is -2.25. The SMILES string of the molecule is CC(C)OC(=O)[C@H](C)NP(=O)(OC[C@H]1O[C@@H](n2ccc(=O)[nH]c2=O)[C@](C)(F)[C@@H]1O)Oc1ccc2c(c1)OCO2.CC(C)OC(=O)[C@H](C)N[P@@](=O)(OC[C@H]1O[C@@H](n2ccc(=O)[nH]c2=O)[C@](C)(F)[C@@H]1O)Oc1ccc2c(c1)OCO2.CC(C)OC(=O)[C@H](C)N[P@](=O)(OC[C@H]1O[C@@H](n2ccc(=O)[nH]c2=O)[C@](C)(F)[C@@H]1O)Oc1ccc2c(c1)OCO2. The first-order chi connectivity index (χ1) is 54.9. The van der Waals surface area contributed by atoms with Crippen LogP contribution in [0.5, 0.6) is 51.7 Å². The number of nitrogens with one attached hydrogen (secondary N) is 6. The molecular weight excluding hydrogens is 1630 g/mol. The number of carbonyl (C=O) groups is 3. The Morgan fingerprint density at radius 3 is 0.897 bits per heavy atom. The molecule has 42 nitrogen and oxygen atoms in total. The molecule has 3 aromatic carbocycles. The molecule has 0 radical (unpaired) electrons. The number of halogens is 3. The van der Waals surface area contributed by atoms with Crippen LogP contribution in [0.4, 0.5) is 13.2 Å². The van der Waals surface area contributed by atoms with Crippen molar-refractivity contribution in [2.75, 3.05) is 40.2 Å². The summed E-state index contributed by atoms with van der Waals surface area (Å²) < 4.78 is 187. The number of aromatic nitrogens is 6. The van der Waals surface area contributed by atoms with Crippen molar-refractivity contribution in [3.63, 3.8) is 0 Å². The van der Waals surface area contributed by atoms with Crippen LogP contribution in [-0.4, -0.2) is 192 Å². The molecule has 3 saturated heterocycles. The lowest BCUT2D eigenvalue weighted by molar-refractivity contribution is -0.150. The van der Waals surface area contributed by atoms with Gasteiger partial charge in [0.25, 0.3) is 16.7 Å². The lowest BCUT2D eigenvalue weighted by Crippen LogP contribution is -2.43. The van der Waals surface area contributed by atoms with Gasteiger partial charge in [-0.25, -0.2) is 41.3 Å². The molecule has 9 N–H and O–H groups in total. The van der Waals surface area contributed by atoms with E-state index in [1.54, 1.807) is 41.5 Å². The predicted octanol–water partition coefficient (Wildman–Crippen LogP) is 4.16. The van der Waals surface area contributed by atoms with Gasteiger partial charge in [0.15, 0.2) is 70.2 Å². The Morgan fingerprint density at radius 2 is 0.667 bits per heavy atom. The molecule has 0 amide bonds. The van der Waals surface area contributed by atoms with E-state index in [4.69, 9.17) is 84.0 Å². The molecule has 3 aromatic heterocycles. The van der Waals surface area contributed by atoms with Crippen molar-refractivity contribution in [3.8, 4) is 51.7 Å². The van der Waals surface area contributed by atoms with Gasteiger partial charge >= 0.3 is 58.2 Å². The maximum absolute atomic E-state index is 15.5. The van der Waals surface area contributed by atoms with Crippen molar-refractivity contribution in [2.45, 2.75) is 192 Å². The number of aliphatic hydroxyl groups excluding tert-OH is 3. The number of hydrogen-bond acceptors (Lipinski definition) is 33. The van der Waals surface area contributed by atoms with Crippen LogP contribution in [0.25, 0.3) is 0 Å². The van der Waals surface area contributed by atoms with Crippen molar-refractivity contribution >= 4 is 41.1 Å². The zero-order valence-electron chi connectivity index (χ0n) is 64.5. The monoisotopic (exact) mass is 1720 g/mol. The number of rotatable bonds is 30. The van der Waals surface area contributed by atoms with Crippen molar-refractivity contribution in [1.82, 2.24) is 43.9 Å². The Labute approximate surface area is 660 Å². The molecule has 0 saturated carbocycles. The number of fused-ring (bicyclic) bond motifs is 3. The molecule has 1 unspecified atom stereocenters. The van der Waals surface area contributed by atoms with Gasteiger partial charge in [0.2, 0.25) is 20.4 Å². The van der Waals surface area contributed by atoms with Crippen molar-refractivity contribution in [1.29, 1.82) is 0 Å². The first kappa shape index (κ1) is 89.7. The first-order valence-corrected chi connectivity index (χ1v) is 40.5. The molecule has 12 rings (SSSR count). The fourth-order valence-electron chi connectivity index (χ4n) is 11.8. The highest BCUT2D eigenvalue weighted by atomic mass is 31.2. The summed E-state index contributed by atoms with van der Waals surface area (Å²) >= 11 is 0. The molecule has 18 atom stereocenters. The van der Waals surface area contributed by atoms with E-state index in [0.717, 1.165) is 71.3 Å². The molecular formula is C69H87F3N9O33P3. The van der Waals surface area contributed by atoms with E-state index in [1.807, 2.05) is 15.0 Å². The van der Waals surface area contributed by atoms with Crippen LogP contribution in [0.2, 0.25) is 0 Å². The number of alkyl halides is 3. The molecule has 6 aromatic rings. The number of aromatic amines is 3. The normalized spacial score (nSPS) is 26.3. The van der Waals surface area contributed by atoms with Crippen molar-refractivity contribution in [3.05, 3.63) is 154 Å². The van der Waals surface area contributed by atoms with E-state index in [0.29, 0.717) is 34.5 Å². The minimum absolute atomic E-state index is 0.0122. The van der Waals surface area contributed by atoms with Gasteiger partial charge in [-0.05, 0) is 119 Å². The summed E-state index contributed by atoms with van der Waals surface area (Å²) in [5.74, 6) is 0.141. The van der Waals surface area contributed by atoms with E-state index >= 15 is 13.2 Å². The average Bonchev–Trinajstić information content (AvgIpc) is 1.62. The second-order valence-electron chi connectivity index (χ2n) is 28.1. The largest absolute Gasteiger partial charge is 0.462 e. The molecule has 0 spiro atoms. The van der Waals surface area contributed by atoms with E-state index in [9.17, 15) is 72.2 Å².